The Bertz CT molecular complexity index is 1370. The van der Waals surface area contributed by atoms with Crippen molar-refractivity contribution < 1.29 is 43.7 Å². The van der Waals surface area contributed by atoms with Gasteiger partial charge in [0, 0.05) is 24.7 Å². The van der Waals surface area contributed by atoms with Crippen LogP contribution in [0.15, 0.2) is 42.0 Å². The first-order valence-corrected chi connectivity index (χ1v) is 16.1. The highest BCUT2D eigenvalue weighted by Gasteiger charge is 2.68. The minimum atomic E-state index is -1.76. The zero-order chi connectivity index (χ0) is 32.6. The number of amides is 1. The van der Waals surface area contributed by atoms with Gasteiger partial charge < -0.3 is 25.0 Å². The summed E-state index contributed by atoms with van der Waals surface area (Å²) in [5.41, 5.74) is -0.975. The Morgan fingerprint density at radius 3 is 2.49 bits per heavy atom. The van der Waals surface area contributed by atoms with E-state index in [9.17, 15) is 34.2 Å². The number of carbonyl (C=O) groups is 5. The maximum absolute atomic E-state index is 13.5. The summed E-state index contributed by atoms with van der Waals surface area (Å²) in [6, 6.07) is 8.21. The first-order chi connectivity index (χ1) is 21.3. The summed E-state index contributed by atoms with van der Waals surface area (Å²) in [4.78, 5) is 63.0. The SMILES string of the molecule is COC(=O)[C@H](Cc1ccccc1)NC(=O)CCC(=O)OCC(=O)[C@@]1(O)CC[C@H]2[C@@H]3CCC4=CC(=O)CC[C@]4(C)[C@H]3[C@H](O)C[C@@]21C. The van der Waals surface area contributed by atoms with Crippen LogP contribution in [0.1, 0.15) is 77.2 Å². The van der Waals surface area contributed by atoms with E-state index in [0.29, 0.717) is 19.3 Å². The number of hydrogen-bond donors (Lipinski definition) is 3. The zero-order valence-electron chi connectivity index (χ0n) is 26.4. The van der Waals surface area contributed by atoms with Crippen LogP contribution in [0.2, 0.25) is 0 Å². The van der Waals surface area contributed by atoms with Crippen LogP contribution in [-0.2, 0) is 39.9 Å². The number of methoxy groups -OCH3 is 1. The molecule has 0 heterocycles. The van der Waals surface area contributed by atoms with Gasteiger partial charge in [0.05, 0.1) is 19.6 Å². The maximum atomic E-state index is 13.5. The highest BCUT2D eigenvalue weighted by molar-refractivity contribution is 5.92. The molecule has 4 aliphatic rings. The van der Waals surface area contributed by atoms with Crippen molar-refractivity contribution in [1.29, 1.82) is 0 Å². The van der Waals surface area contributed by atoms with Gasteiger partial charge in [0.2, 0.25) is 11.7 Å². The Balaban J connectivity index is 1.16. The van der Waals surface area contributed by atoms with Crippen LogP contribution >= 0.6 is 0 Å². The van der Waals surface area contributed by atoms with Crippen molar-refractivity contribution in [3.05, 3.63) is 47.5 Å². The number of ketones is 2. The molecule has 5 rings (SSSR count). The van der Waals surface area contributed by atoms with E-state index in [1.807, 2.05) is 37.3 Å². The lowest BCUT2D eigenvalue weighted by Gasteiger charge is -2.60. The molecule has 0 bridgehead atoms. The van der Waals surface area contributed by atoms with Crippen molar-refractivity contribution in [2.75, 3.05) is 13.7 Å². The van der Waals surface area contributed by atoms with E-state index in [2.05, 4.69) is 12.2 Å². The van der Waals surface area contributed by atoms with Crippen molar-refractivity contribution in [2.45, 2.75) is 95.8 Å². The minimum Gasteiger partial charge on any atom is -0.467 e. The predicted octanol–water partition coefficient (Wildman–Crippen LogP) is 3.01. The molecule has 0 radical (unpaired) electrons. The van der Waals surface area contributed by atoms with Gasteiger partial charge in [0.15, 0.2) is 12.4 Å². The summed E-state index contributed by atoms with van der Waals surface area (Å²) in [6.45, 7) is 3.40. The number of benzene rings is 1. The number of carbonyl (C=O) groups excluding carboxylic acids is 5. The molecular weight excluding hydrogens is 578 g/mol. The molecule has 8 atom stereocenters. The van der Waals surface area contributed by atoms with Gasteiger partial charge in [-0.3, -0.25) is 19.2 Å². The second kappa shape index (κ2) is 12.8. The van der Waals surface area contributed by atoms with Crippen LogP contribution in [0.4, 0.5) is 0 Å². The summed E-state index contributed by atoms with van der Waals surface area (Å²) < 4.78 is 10.0. The number of fused-ring (bicyclic) bond motifs is 5. The Morgan fingerprint density at radius 1 is 1.04 bits per heavy atom. The molecule has 0 spiro atoms. The molecule has 10 heteroatoms. The minimum absolute atomic E-state index is 0.00823. The summed E-state index contributed by atoms with van der Waals surface area (Å²) in [5.74, 6) is -2.31. The molecule has 3 N–H and O–H groups in total. The van der Waals surface area contributed by atoms with Crippen LogP contribution < -0.4 is 5.32 Å². The number of nitrogens with one attached hydrogen (secondary N) is 1. The molecule has 0 saturated heterocycles. The Hall–Kier alpha value is -3.37. The van der Waals surface area contributed by atoms with E-state index < -0.39 is 53.4 Å². The third-order valence-corrected chi connectivity index (χ3v) is 11.5. The number of rotatable bonds is 10. The van der Waals surface area contributed by atoms with E-state index in [1.54, 1.807) is 6.08 Å². The van der Waals surface area contributed by atoms with Crippen molar-refractivity contribution >= 4 is 29.4 Å². The molecule has 0 unspecified atom stereocenters. The van der Waals surface area contributed by atoms with E-state index in [1.165, 1.54) is 7.11 Å². The zero-order valence-corrected chi connectivity index (χ0v) is 26.4. The highest BCUT2D eigenvalue weighted by Crippen LogP contribution is 2.67. The Kier molecular flexibility index (Phi) is 9.38. The van der Waals surface area contributed by atoms with Crippen LogP contribution in [0.25, 0.3) is 0 Å². The molecule has 3 fully saturated rings. The Labute approximate surface area is 263 Å². The number of esters is 2. The van der Waals surface area contributed by atoms with Gasteiger partial charge in [-0.05, 0) is 73.3 Å². The van der Waals surface area contributed by atoms with Crippen LogP contribution in [-0.4, -0.2) is 71.1 Å². The van der Waals surface area contributed by atoms with Crippen LogP contribution in [0.5, 0.6) is 0 Å². The maximum Gasteiger partial charge on any atom is 0.328 e. The van der Waals surface area contributed by atoms with Gasteiger partial charge in [-0.1, -0.05) is 49.8 Å². The van der Waals surface area contributed by atoms with Crippen molar-refractivity contribution in [3.63, 3.8) is 0 Å². The summed E-state index contributed by atoms with van der Waals surface area (Å²) >= 11 is 0. The normalized spacial score (nSPS) is 34.3. The van der Waals surface area contributed by atoms with Gasteiger partial charge in [-0.25, -0.2) is 4.79 Å². The number of allylic oxidation sites excluding steroid dienone is 1. The predicted molar refractivity (Wildman–Crippen MR) is 162 cm³/mol. The second-order valence-electron chi connectivity index (χ2n) is 13.9. The van der Waals surface area contributed by atoms with E-state index in [4.69, 9.17) is 9.47 Å². The molecule has 1 amide bonds. The number of aliphatic hydroxyl groups is 2. The third-order valence-electron chi connectivity index (χ3n) is 11.5. The van der Waals surface area contributed by atoms with E-state index in [0.717, 1.165) is 24.0 Å². The van der Waals surface area contributed by atoms with Crippen LogP contribution in [0, 0.1) is 28.6 Å². The third kappa shape index (κ3) is 6.11. The molecule has 1 aromatic rings. The molecule has 0 aliphatic heterocycles. The molecule has 10 nitrogen and oxygen atoms in total. The number of aliphatic hydroxyl groups excluding tert-OH is 1. The van der Waals surface area contributed by atoms with Gasteiger partial charge in [-0.2, -0.15) is 0 Å². The lowest BCUT2D eigenvalue weighted by Crippen LogP contribution is -2.62. The summed E-state index contributed by atoms with van der Waals surface area (Å²) in [5, 5.41) is 26.0. The van der Waals surface area contributed by atoms with E-state index >= 15 is 0 Å². The summed E-state index contributed by atoms with van der Waals surface area (Å²) in [6.07, 6.45) is 4.51. The number of hydrogen-bond acceptors (Lipinski definition) is 9. The standard InChI is InChI=1S/C35H45NO9/c1-33-15-13-23(37)18-22(33)9-10-24-25-14-16-35(43,34(25,2)19-27(38)31(24)33)28(39)20-45-30(41)12-11-29(40)36-26(32(42)44-3)17-21-7-5-4-6-8-21/h4-8,18,24-27,31,38,43H,9-17,19-20H2,1-3H3,(H,36,40)/t24-,25-,26-,27+,31+,33-,34-,35-/m0/s1. The molecule has 3 saturated carbocycles. The molecule has 0 aromatic heterocycles. The first kappa shape index (κ1) is 33.0. The Morgan fingerprint density at radius 2 is 1.78 bits per heavy atom. The lowest BCUT2D eigenvalue weighted by molar-refractivity contribution is -0.184. The molecule has 4 aliphatic carbocycles. The lowest BCUT2D eigenvalue weighted by atomic mass is 9.45. The molecule has 1 aromatic carbocycles. The number of Topliss-reactive ketones (excluding diaryl/α,β-unsaturated/α-hetero) is 1. The molecular formula is C35H45NO9. The number of ether oxygens (including phenoxy) is 2. The van der Waals surface area contributed by atoms with Crippen molar-refractivity contribution in [3.8, 4) is 0 Å². The largest absolute Gasteiger partial charge is 0.467 e. The average Bonchev–Trinajstić information content (AvgIpc) is 3.29. The van der Waals surface area contributed by atoms with E-state index in [-0.39, 0.29) is 61.1 Å². The smallest absolute Gasteiger partial charge is 0.328 e. The quantitative estimate of drug-likeness (QED) is 0.334. The van der Waals surface area contributed by atoms with Gasteiger partial charge >= 0.3 is 11.9 Å². The fourth-order valence-electron chi connectivity index (χ4n) is 9.16. The van der Waals surface area contributed by atoms with Gasteiger partial charge in [0.1, 0.15) is 11.6 Å². The van der Waals surface area contributed by atoms with Crippen molar-refractivity contribution in [2.24, 2.45) is 28.6 Å². The molecule has 45 heavy (non-hydrogen) atoms. The fourth-order valence-corrected chi connectivity index (χ4v) is 9.16. The topological polar surface area (TPSA) is 156 Å². The van der Waals surface area contributed by atoms with Gasteiger partial charge in [0.25, 0.3) is 0 Å². The van der Waals surface area contributed by atoms with Crippen LogP contribution in [0.3, 0.4) is 0 Å². The van der Waals surface area contributed by atoms with Gasteiger partial charge in [-0.15, -0.1) is 0 Å². The average molecular weight is 624 g/mol. The second-order valence-corrected chi connectivity index (χ2v) is 13.9. The fraction of sp³-hybridized carbons (Fsp3) is 0.629. The highest BCUT2D eigenvalue weighted by atomic mass is 16.5. The first-order valence-electron chi connectivity index (χ1n) is 16.1. The summed E-state index contributed by atoms with van der Waals surface area (Å²) in [7, 11) is 1.23. The van der Waals surface area contributed by atoms with Crippen molar-refractivity contribution in [1.82, 2.24) is 5.32 Å². The molecule has 244 valence electrons. The monoisotopic (exact) mass is 623 g/mol.